The zero-order valence-electron chi connectivity index (χ0n) is 11.2. The summed E-state index contributed by atoms with van der Waals surface area (Å²) in [5.41, 5.74) is 7.65. The van der Waals surface area contributed by atoms with Gasteiger partial charge in [-0.25, -0.2) is 0 Å². The van der Waals surface area contributed by atoms with E-state index in [1.807, 2.05) is 0 Å². The van der Waals surface area contributed by atoms with Crippen molar-refractivity contribution >= 4 is 0 Å². The van der Waals surface area contributed by atoms with E-state index in [-0.39, 0.29) is 5.41 Å². The molecule has 0 spiro atoms. The zero-order chi connectivity index (χ0) is 12.5. The molecule has 1 aromatic carbocycles. The Hall–Kier alpha value is -0.860. The van der Waals surface area contributed by atoms with Gasteiger partial charge in [-0.1, -0.05) is 51.1 Å². The molecule has 0 aromatic heterocycles. The molecule has 1 unspecified atom stereocenters. The van der Waals surface area contributed by atoms with E-state index in [1.165, 1.54) is 5.56 Å². The van der Waals surface area contributed by atoms with Gasteiger partial charge in [-0.2, -0.15) is 0 Å². The minimum absolute atomic E-state index is 0.274. The van der Waals surface area contributed by atoms with Gasteiger partial charge in [-0.3, -0.25) is 4.90 Å². The molecule has 1 aromatic rings. The van der Waals surface area contributed by atoms with Crippen LogP contribution in [-0.4, -0.2) is 30.6 Å². The molecule has 1 heterocycles. The van der Waals surface area contributed by atoms with Crippen LogP contribution in [-0.2, 0) is 0 Å². The number of rotatable bonds is 3. The van der Waals surface area contributed by atoms with Crippen LogP contribution in [0.2, 0.25) is 0 Å². The van der Waals surface area contributed by atoms with Gasteiger partial charge in [0.05, 0.1) is 0 Å². The number of benzene rings is 1. The van der Waals surface area contributed by atoms with E-state index in [0.29, 0.717) is 12.0 Å². The van der Waals surface area contributed by atoms with E-state index in [4.69, 9.17) is 5.73 Å². The summed E-state index contributed by atoms with van der Waals surface area (Å²) in [6.07, 6.45) is 0. The monoisotopic (exact) mass is 232 g/mol. The quantitative estimate of drug-likeness (QED) is 0.867. The van der Waals surface area contributed by atoms with Crippen molar-refractivity contribution < 1.29 is 0 Å². The number of hydrogen-bond donors (Lipinski definition) is 1. The predicted molar refractivity (Wildman–Crippen MR) is 73.1 cm³/mol. The Labute approximate surface area is 105 Å². The van der Waals surface area contributed by atoms with Crippen LogP contribution in [0.5, 0.6) is 0 Å². The second-order valence-corrected chi connectivity index (χ2v) is 6.18. The van der Waals surface area contributed by atoms with Gasteiger partial charge in [0.1, 0.15) is 0 Å². The number of hydrogen-bond acceptors (Lipinski definition) is 2. The van der Waals surface area contributed by atoms with E-state index in [9.17, 15) is 0 Å². The van der Waals surface area contributed by atoms with Crippen molar-refractivity contribution in [1.29, 1.82) is 0 Å². The fourth-order valence-corrected chi connectivity index (χ4v) is 2.75. The molecular formula is C15H24N2. The van der Waals surface area contributed by atoms with E-state index in [1.54, 1.807) is 0 Å². The Morgan fingerprint density at radius 3 is 2.29 bits per heavy atom. The van der Waals surface area contributed by atoms with Crippen molar-refractivity contribution in [3.63, 3.8) is 0 Å². The van der Waals surface area contributed by atoms with E-state index in [2.05, 4.69) is 56.0 Å². The Morgan fingerprint density at radius 1 is 1.24 bits per heavy atom. The summed E-state index contributed by atoms with van der Waals surface area (Å²) in [6, 6.07) is 11.3. The van der Waals surface area contributed by atoms with Crippen LogP contribution >= 0.6 is 0 Å². The van der Waals surface area contributed by atoms with Crippen LogP contribution in [0.25, 0.3) is 0 Å². The van der Waals surface area contributed by atoms with Crippen LogP contribution in [0.4, 0.5) is 0 Å². The number of nitrogens with zero attached hydrogens (tertiary/aromatic N) is 1. The van der Waals surface area contributed by atoms with Crippen LogP contribution in [0, 0.1) is 5.41 Å². The first-order valence-corrected chi connectivity index (χ1v) is 6.51. The highest BCUT2D eigenvalue weighted by Gasteiger charge is 2.37. The van der Waals surface area contributed by atoms with Gasteiger partial charge in [-0.15, -0.1) is 0 Å². The first kappa shape index (κ1) is 12.6. The maximum atomic E-state index is 5.91. The summed E-state index contributed by atoms with van der Waals surface area (Å²) >= 11 is 0. The molecule has 0 bridgehead atoms. The SMILES string of the molecule is CC(C)(C)C(CN)N1CC(c2ccccc2)C1. The highest BCUT2D eigenvalue weighted by atomic mass is 15.2. The van der Waals surface area contributed by atoms with Crippen molar-refractivity contribution in [1.82, 2.24) is 4.90 Å². The van der Waals surface area contributed by atoms with Crippen LogP contribution in [0.1, 0.15) is 32.3 Å². The molecule has 1 saturated heterocycles. The Balaban J connectivity index is 1.94. The summed E-state index contributed by atoms with van der Waals surface area (Å²) < 4.78 is 0. The molecule has 2 nitrogen and oxygen atoms in total. The van der Waals surface area contributed by atoms with Crippen molar-refractivity contribution in [3.05, 3.63) is 35.9 Å². The molecule has 0 radical (unpaired) electrons. The highest BCUT2D eigenvalue weighted by molar-refractivity contribution is 5.23. The highest BCUT2D eigenvalue weighted by Crippen LogP contribution is 2.33. The van der Waals surface area contributed by atoms with Crippen molar-refractivity contribution in [2.24, 2.45) is 11.1 Å². The third kappa shape index (κ3) is 2.70. The minimum atomic E-state index is 0.274. The van der Waals surface area contributed by atoms with Crippen LogP contribution in [0.15, 0.2) is 30.3 Å². The van der Waals surface area contributed by atoms with Gasteiger partial charge < -0.3 is 5.73 Å². The normalized spacial score (nSPS) is 20.0. The zero-order valence-corrected chi connectivity index (χ0v) is 11.2. The van der Waals surface area contributed by atoms with Crippen molar-refractivity contribution in [2.75, 3.05) is 19.6 Å². The van der Waals surface area contributed by atoms with Crippen molar-refractivity contribution in [3.8, 4) is 0 Å². The average Bonchev–Trinajstić information content (AvgIpc) is 2.22. The average molecular weight is 232 g/mol. The van der Waals surface area contributed by atoms with Gasteiger partial charge >= 0.3 is 0 Å². The predicted octanol–water partition coefficient (Wildman–Crippen LogP) is 2.46. The van der Waals surface area contributed by atoms with Gasteiger partial charge in [0, 0.05) is 31.6 Å². The third-order valence-corrected chi connectivity index (χ3v) is 3.84. The lowest BCUT2D eigenvalue weighted by atomic mass is 9.81. The topological polar surface area (TPSA) is 29.3 Å². The molecule has 1 fully saturated rings. The van der Waals surface area contributed by atoms with Gasteiger partial charge in [0.15, 0.2) is 0 Å². The van der Waals surface area contributed by atoms with Crippen LogP contribution < -0.4 is 5.73 Å². The molecule has 0 saturated carbocycles. The third-order valence-electron chi connectivity index (χ3n) is 3.84. The van der Waals surface area contributed by atoms with E-state index in [0.717, 1.165) is 19.6 Å². The lowest BCUT2D eigenvalue weighted by Crippen LogP contribution is -2.57. The molecule has 1 aliphatic heterocycles. The largest absolute Gasteiger partial charge is 0.329 e. The number of likely N-dealkylation sites (tertiary alicyclic amines) is 1. The fraction of sp³-hybridized carbons (Fsp3) is 0.600. The summed E-state index contributed by atoms with van der Waals surface area (Å²) in [5, 5.41) is 0. The molecule has 1 aliphatic rings. The first-order chi connectivity index (χ1) is 8.02. The maximum absolute atomic E-state index is 5.91. The molecular weight excluding hydrogens is 208 g/mol. The van der Waals surface area contributed by atoms with Crippen molar-refractivity contribution in [2.45, 2.75) is 32.7 Å². The van der Waals surface area contributed by atoms with Gasteiger partial charge in [-0.05, 0) is 11.0 Å². The Morgan fingerprint density at radius 2 is 1.82 bits per heavy atom. The van der Waals surface area contributed by atoms with Gasteiger partial charge in [0.25, 0.3) is 0 Å². The summed E-state index contributed by atoms with van der Waals surface area (Å²) in [7, 11) is 0. The number of nitrogens with two attached hydrogens (primary N) is 1. The molecule has 94 valence electrons. The molecule has 2 N–H and O–H groups in total. The molecule has 1 atom stereocenters. The molecule has 2 heteroatoms. The second kappa shape index (κ2) is 4.79. The molecule has 17 heavy (non-hydrogen) atoms. The summed E-state index contributed by atoms with van der Waals surface area (Å²) in [4.78, 5) is 2.53. The first-order valence-electron chi connectivity index (χ1n) is 6.51. The Bertz CT molecular complexity index is 347. The van der Waals surface area contributed by atoms with E-state index >= 15 is 0 Å². The lowest BCUT2D eigenvalue weighted by Gasteiger charge is -2.49. The molecule has 0 amide bonds. The van der Waals surface area contributed by atoms with E-state index < -0.39 is 0 Å². The standard InChI is InChI=1S/C15H24N2/c1-15(2,3)14(9-16)17-10-13(11-17)12-7-5-4-6-8-12/h4-8,13-14H,9-11,16H2,1-3H3. The minimum Gasteiger partial charge on any atom is -0.329 e. The van der Waals surface area contributed by atoms with Gasteiger partial charge in [0.2, 0.25) is 0 Å². The Kier molecular flexibility index (Phi) is 3.55. The smallest absolute Gasteiger partial charge is 0.0267 e. The maximum Gasteiger partial charge on any atom is 0.0267 e. The molecule has 2 rings (SSSR count). The summed E-state index contributed by atoms with van der Waals surface area (Å²) in [6.45, 7) is 9.90. The molecule has 0 aliphatic carbocycles. The second-order valence-electron chi connectivity index (χ2n) is 6.18. The fourth-order valence-electron chi connectivity index (χ4n) is 2.75. The lowest BCUT2D eigenvalue weighted by molar-refractivity contribution is 0.0342. The summed E-state index contributed by atoms with van der Waals surface area (Å²) in [5.74, 6) is 0.701. The van der Waals surface area contributed by atoms with Crippen LogP contribution in [0.3, 0.4) is 0 Å².